The quantitative estimate of drug-likeness (QED) is 0.783. The molecular weight excluding hydrogens is 322 g/mol. The van der Waals surface area contributed by atoms with Crippen LogP contribution in [0.2, 0.25) is 0 Å². The van der Waals surface area contributed by atoms with Gasteiger partial charge in [-0.25, -0.2) is 8.78 Å². The van der Waals surface area contributed by atoms with Crippen LogP contribution in [-0.2, 0) is 4.79 Å². The van der Waals surface area contributed by atoms with E-state index in [0.717, 1.165) is 17.7 Å². The van der Waals surface area contributed by atoms with Gasteiger partial charge in [-0.1, -0.05) is 36.4 Å². The van der Waals surface area contributed by atoms with E-state index < -0.39 is 11.6 Å². The van der Waals surface area contributed by atoms with Crippen molar-refractivity contribution in [1.29, 1.82) is 0 Å². The summed E-state index contributed by atoms with van der Waals surface area (Å²) in [5, 5.41) is 0. The van der Waals surface area contributed by atoms with Crippen LogP contribution in [0.25, 0.3) is 0 Å². The number of hydrogen-bond donors (Lipinski definition) is 0. The van der Waals surface area contributed by atoms with Crippen molar-refractivity contribution < 1.29 is 13.6 Å². The molecule has 2 aromatic rings. The number of benzene rings is 2. The van der Waals surface area contributed by atoms with Crippen LogP contribution < -0.4 is 0 Å². The molecule has 25 heavy (non-hydrogen) atoms. The average Bonchev–Trinajstić information content (AvgIpc) is 2.62. The fourth-order valence-corrected chi connectivity index (χ4v) is 2.66. The lowest BCUT2D eigenvalue weighted by Crippen LogP contribution is -2.38. The molecule has 2 rings (SSSR count). The normalized spacial score (nSPS) is 13.6. The predicted octanol–water partition coefficient (Wildman–Crippen LogP) is 4.18. The predicted molar refractivity (Wildman–Crippen MR) is 95.0 cm³/mol. The maximum Gasteiger partial charge on any atom is 0.237 e. The molecule has 0 aliphatic rings. The highest BCUT2D eigenvalue weighted by atomic mass is 19.2. The van der Waals surface area contributed by atoms with E-state index in [1.54, 1.807) is 18.9 Å². The lowest BCUT2D eigenvalue weighted by molar-refractivity contribution is -0.133. The van der Waals surface area contributed by atoms with Crippen molar-refractivity contribution in [3.05, 3.63) is 71.3 Å². The summed E-state index contributed by atoms with van der Waals surface area (Å²) in [6.07, 6.45) is 0. The summed E-state index contributed by atoms with van der Waals surface area (Å²) in [7, 11) is 3.57. The van der Waals surface area contributed by atoms with Gasteiger partial charge >= 0.3 is 0 Å². The maximum atomic E-state index is 13.4. The molecule has 0 spiro atoms. The van der Waals surface area contributed by atoms with E-state index in [1.807, 2.05) is 49.2 Å². The summed E-state index contributed by atoms with van der Waals surface area (Å²) < 4.78 is 26.5. The summed E-state index contributed by atoms with van der Waals surface area (Å²) >= 11 is 0. The number of carbonyl (C=O) groups is 1. The molecule has 3 nitrogen and oxygen atoms in total. The van der Waals surface area contributed by atoms with Crippen LogP contribution >= 0.6 is 0 Å². The summed E-state index contributed by atoms with van der Waals surface area (Å²) in [4.78, 5) is 16.1. The number of hydrogen-bond acceptors (Lipinski definition) is 2. The van der Waals surface area contributed by atoms with Crippen LogP contribution in [0.3, 0.4) is 0 Å². The Labute approximate surface area is 147 Å². The molecule has 0 saturated carbocycles. The number of carbonyl (C=O) groups excluding carboxylic acids is 1. The molecule has 1 amide bonds. The molecule has 134 valence electrons. The Morgan fingerprint density at radius 3 is 2.16 bits per heavy atom. The molecule has 5 heteroatoms. The van der Waals surface area contributed by atoms with Crippen LogP contribution in [-0.4, -0.2) is 36.3 Å². The van der Waals surface area contributed by atoms with E-state index in [2.05, 4.69) is 0 Å². The number of likely N-dealkylation sites (N-methyl/N-ethyl adjacent to an activating group) is 2. The third-order valence-electron chi connectivity index (χ3n) is 4.73. The van der Waals surface area contributed by atoms with Crippen molar-refractivity contribution in [3.63, 3.8) is 0 Å². The first-order valence-electron chi connectivity index (χ1n) is 8.27. The molecule has 2 aromatic carbocycles. The molecule has 0 radical (unpaired) electrons. The van der Waals surface area contributed by atoms with Gasteiger partial charge in [0.2, 0.25) is 5.91 Å². The number of halogens is 2. The zero-order chi connectivity index (χ0) is 18.6. The van der Waals surface area contributed by atoms with Crippen molar-refractivity contribution >= 4 is 5.91 Å². The molecule has 0 saturated heterocycles. The minimum Gasteiger partial charge on any atom is -0.338 e. The van der Waals surface area contributed by atoms with Gasteiger partial charge in [-0.3, -0.25) is 9.69 Å². The standard InChI is InChI=1S/C20H24F2N2O/c1-14(16-8-6-5-7-9-16)23(3)13-20(25)24(4)15(2)17-10-11-18(21)19(22)12-17/h5-12,14-15H,13H2,1-4H3. The third kappa shape index (κ3) is 4.63. The van der Waals surface area contributed by atoms with Crippen LogP contribution in [0.15, 0.2) is 48.5 Å². The molecule has 0 bridgehead atoms. The summed E-state index contributed by atoms with van der Waals surface area (Å²) in [5.41, 5.74) is 1.70. The van der Waals surface area contributed by atoms with Gasteiger partial charge in [0.15, 0.2) is 11.6 Å². The Bertz CT molecular complexity index is 721. The topological polar surface area (TPSA) is 23.6 Å². The molecule has 0 N–H and O–H groups in total. The largest absolute Gasteiger partial charge is 0.338 e. The van der Waals surface area contributed by atoms with Gasteiger partial charge in [-0.2, -0.15) is 0 Å². The van der Waals surface area contributed by atoms with Crippen molar-refractivity contribution in [2.75, 3.05) is 20.6 Å². The van der Waals surface area contributed by atoms with Crippen molar-refractivity contribution in [2.24, 2.45) is 0 Å². The Balaban J connectivity index is 2.02. The van der Waals surface area contributed by atoms with E-state index >= 15 is 0 Å². The zero-order valence-corrected chi connectivity index (χ0v) is 15.0. The zero-order valence-electron chi connectivity index (χ0n) is 15.0. The van der Waals surface area contributed by atoms with E-state index in [1.165, 1.54) is 6.07 Å². The average molecular weight is 346 g/mol. The van der Waals surface area contributed by atoms with Gasteiger partial charge in [-0.15, -0.1) is 0 Å². The summed E-state index contributed by atoms with van der Waals surface area (Å²) in [5.74, 6) is -1.87. The Kier molecular flexibility index (Phi) is 6.26. The van der Waals surface area contributed by atoms with Gasteiger partial charge in [0.05, 0.1) is 12.6 Å². The smallest absolute Gasteiger partial charge is 0.237 e. The highest BCUT2D eigenvalue weighted by Gasteiger charge is 2.22. The molecule has 0 aromatic heterocycles. The maximum absolute atomic E-state index is 13.4. The fourth-order valence-electron chi connectivity index (χ4n) is 2.66. The SMILES string of the molecule is CC(c1ccccc1)N(C)CC(=O)N(C)C(C)c1ccc(F)c(F)c1. The fraction of sp³-hybridized carbons (Fsp3) is 0.350. The van der Waals surface area contributed by atoms with E-state index in [4.69, 9.17) is 0 Å². The van der Waals surface area contributed by atoms with Crippen LogP contribution in [0.4, 0.5) is 8.78 Å². The molecule has 0 aliphatic carbocycles. The number of rotatable bonds is 6. The molecule has 0 fully saturated rings. The molecule has 2 atom stereocenters. The highest BCUT2D eigenvalue weighted by Crippen LogP contribution is 2.22. The lowest BCUT2D eigenvalue weighted by atomic mass is 10.1. The van der Waals surface area contributed by atoms with Crippen LogP contribution in [0, 0.1) is 11.6 Å². The Morgan fingerprint density at radius 2 is 1.56 bits per heavy atom. The lowest BCUT2D eigenvalue weighted by Gasteiger charge is -2.30. The van der Waals surface area contributed by atoms with E-state index in [9.17, 15) is 13.6 Å². The Hall–Kier alpha value is -2.27. The van der Waals surface area contributed by atoms with Gasteiger partial charge in [0, 0.05) is 13.1 Å². The van der Waals surface area contributed by atoms with Gasteiger partial charge < -0.3 is 4.90 Å². The molecule has 0 aliphatic heterocycles. The van der Waals surface area contributed by atoms with Gasteiger partial charge in [-0.05, 0) is 44.2 Å². The summed E-state index contributed by atoms with van der Waals surface area (Å²) in [6, 6.07) is 13.4. The first kappa shape index (κ1) is 19.1. The minimum absolute atomic E-state index is 0.0810. The highest BCUT2D eigenvalue weighted by molar-refractivity contribution is 5.78. The van der Waals surface area contributed by atoms with Gasteiger partial charge in [0.1, 0.15) is 0 Å². The van der Waals surface area contributed by atoms with Crippen LogP contribution in [0.1, 0.15) is 37.1 Å². The minimum atomic E-state index is -0.903. The van der Waals surface area contributed by atoms with Crippen molar-refractivity contribution in [1.82, 2.24) is 9.80 Å². The second-order valence-electron chi connectivity index (χ2n) is 6.36. The van der Waals surface area contributed by atoms with Gasteiger partial charge in [0.25, 0.3) is 0 Å². The number of nitrogens with zero attached hydrogens (tertiary/aromatic N) is 2. The first-order valence-corrected chi connectivity index (χ1v) is 8.27. The second kappa shape index (κ2) is 8.21. The summed E-state index contributed by atoms with van der Waals surface area (Å²) in [6.45, 7) is 4.08. The second-order valence-corrected chi connectivity index (χ2v) is 6.36. The number of amides is 1. The third-order valence-corrected chi connectivity index (χ3v) is 4.73. The molecular formula is C20H24F2N2O. The van der Waals surface area contributed by atoms with E-state index in [0.29, 0.717) is 5.56 Å². The first-order chi connectivity index (χ1) is 11.8. The Morgan fingerprint density at radius 1 is 0.920 bits per heavy atom. The van der Waals surface area contributed by atoms with Crippen molar-refractivity contribution in [3.8, 4) is 0 Å². The van der Waals surface area contributed by atoms with Crippen molar-refractivity contribution in [2.45, 2.75) is 25.9 Å². The van der Waals surface area contributed by atoms with E-state index in [-0.39, 0.29) is 24.5 Å². The molecule has 2 unspecified atom stereocenters. The van der Waals surface area contributed by atoms with Crippen LogP contribution in [0.5, 0.6) is 0 Å². The monoisotopic (exact) mass is 346 g/mol. The molecule has 0 heterocycles.